The van der Waals surface area contributed by atoms with Crippen LogP contribution in [-0.2, 0) is 53.0 Å². The van der Waals surface area contributed by atoms with Crippen LogP contribution in [-0.4, -0.2) is 104 Å². The number of ether oxygens (including phenoxy) is 6. The van der Waals surface area contributed by atoms with Gasteiger partial charge in [0.25, 0.3) is 0 Å². The monoisotopic (exact) mass is 595 g/mol. The maximum atomic E-state index is 11.9. The standard InChI is InChI=1S/C27H41N5O8S/c33-25(7-4-8-29-27(34)40-20-23-5-2-1-3-6-23)28-9-11-38-21-24-19-32(31-30-24)10-12-35-13-14-36-15-16-37-17-18-39-26-22-41-26/h1-3,5-6,19,26H,4,7-18,20-22H2,(H,28,33)(H,29,34). The van der Waals surface area contributed by atoms with Gasteiger partial charge in [-0.3, -0.25) is 4.79 Å². The number of nitrogens with one attached hydrogen (secondary N) is 2. The van der Waals surface area contributed by atoms with Gasteiger partial charge in [0.2, 0.25) is 5.91 Å². The molecule has 0 bridgehead atoms. The number of nitrogens with zero attached hydrogens (tertiary/aromatic N) is 3. The van der Waals surface area contributed by atoms with Crippen molar-refractivity contribution in [2.75, 3.05) is 71.7 Å². The van der Waals surface area contributed by atoms with Gasteiger partial charge in [0.05, 0.1) is 72.2 Å². The average molecular weight is 596 g/mol. The Kier molecular flexibility index (Phi) is 16.8. The van der Waals surface area contributed by atoms with Crippen LogP contribution in [0.3, 0.4) is 0 Å². The number of benzene rings is 1. The summed E-state index contributed by atoms with van der Waals surface area (Å²) in [6.07, 6.45) is 2.11. The Morgan fingerprint density at radius 2 is 1.61 bits per heavy atom. The lowest BCUT2D eigenvalue weighted by Crippen LogP contribution is -2.29. The minimum atomic E-state index is -0.501. The Balaban J connectivity index is 1.06. The summed E-state index contributed by atoms with van der Waals surface area (Å²) in [5.41, 5.74) is 2.00. The molecule has 1 aromatic heterocycles. The minimum Gasteiger partial charge on any atom is -0.445 e. The molecule has 2 amide bonds. The van der Waals surface area contributed by atoms with E-state index >= 15 is 0 Å². The second kappa shape index (κ2) is 21.0. The van der Waals surface area contributed by atoms with E-state index in [4.69, 9.17) is 28.4 Å². The molecular weight excluding hydrogens is 554 g/mol. The predicted molar refractivity (Wildman–Crippen MR) is 151 cm³/mol. The molecule has 1 saturated heterocycles. The van der Waals surface area contributed by atoms with Gasteiger partial charge >= 0.3 is 6.09 Å². The van der Waals surface area contributed by atoms with Crippen LogP contribution in [0, 0.1) is 0 Å². The molecule has 2 aromatic rings. The van der Waals surface area contributed by atoms with E-state index in [2.05, 4.69) is 20.9 Å². The third-order valence-corrected chi connectivity index (χ3v) is 6.25. The van der Waals surface area contributed by atoms with E-state index in [1.807, 2.05) is 30.3 Å². The third-order valence-electron chi connectivity index (χ3n) is 5.51. The Labute approximate surface area is 244 Å². The molecule has 1 unspecified atom stereocenters. The molecule has 41 heavy (non-hydrogen) atoms. The highest BCUT2D eigenvalue weighted by Crippen LogP contribution is 2.30. The van der Waals surface area contributed by atoms with Crippen LogP contribution in [0.2, 0.25) is 0 Å². The fourth-order valence-electron chi connectivity index (χ4n) is 3.33. The summed E-state index contributed by atoms with van der Waals surface area (Å²) >= 11 is 1.81. The van der Waals surface area contributed by atoms with E-state index in [1.165, 1.54) is 0 Å². The zero-order valence-corrected chi connectivity index (χ0v) is 24.2. The Morgan fingerprint density at radius 1 is 0.878 bits per heavy atom. The molecule has 1 aliphatic rings. The van der Waals surface area contributed by atoms with E-state index in [9.17, 15) is 9.59 Å². The SMILES string of the molecule is O=C(CCCNC(=O)OCc1ccccc1)NCCOCc1cn(CCOCCOCCOCCOC2CS2)nn1. The van der Waals surface area contributed by atoms with Gasteiger partial charge in [-0.05, 0) is 12.0 Å². The molecule has 13 nitrogen and oxygen atoms in total. The van der Waals surface area contributed by atoms with Gasteiger partial charge in [0.15, 0.2) is 0 Å². The fraction of sp³-hybridized carbons (Fsp3) is 0.630. The van der Waals surface area contributed by atoms with Crippen LogP contribution in [0.1, 0.15) is 24.1 Å². The first-order valence-electron chi connectivity index (χ1n) is 13.8. The number of rotatable bonds is 24. The summed E-state index contributed by atoms with van der Waals surface area (Å²) in [6, 6.07) is 9.43. The second-order valence-electron chi connectivity index (χ2n) is 8.94. The lowest BCUT2D eigenvalue weighted by molar-refractivity contribution is -0.121. The molecule has 0 spiro atoms. The number of amides is 2. The summed E-state index contributed by atoms with van der Waals surface area (Å²) in [7, 11) is 0. The van der Waals surface area contributed by atoms with E-state index in [0.717, 1.165) is 11.3 Å². The average Bonchev–Trinajstić information content (AvgIpc) is 3.71. The first-order chi connectivity index (χ1) is 20.2. The van der Waals surface area contributed by atoms with Crippen molar-refractivity contribution in [3.8, 4) is 0 Å². The van der Waals surface area contributed by atoms with Gasteiger partial charge in [-0.25, -0.2) is 9.48 Å². The second-order valence-corrected chi connectivity index (χ2v) is 10.1. The number of thioether (sulfide) groups is 1. The van der Waals surface area contributed by atoms with E-state index < -0.39 is 6.09 Å². The normalized spacial score (nSPS) is 14.1. The van der Waals surface area contributed by atoms with Crippen molar-refractivity contribution in [1.82, 2.24) is 25.6 Å². The minimum absolute atomic E-state index is 0.105. The maximum Gasteiger partial charge on any atom is 0.407 e. The van der Waals surface area contributed by atoms with Crippen LogP contribution in [0.5, 0.6) is 0 Å². The molecule has 1 fully saturated rings. The fourth-order valence-corrected chi connectivity index (χ4v) is 3.70. The number of carbonyl (C=O) groups excluding carboxylic acids is 2. The van der Waals surface area contributed by atoms with Crippen molar-refractivity contribution in [3.05, 3.63) is 47.8 Å². The van der Waals surface area contributed by atoms with Crippen LogP contribution < -0.4 is 10.6 Å². The van der Waals surface area contributed by atoms with Crippen molar-refractivity contribution in [1.29, 1.82) is 0 Å². The topological polar surface area (TPSA) is 144 Å². The number of hydrogen-bond acceptors (Lipinski definition) is 11. The first-order valence-corrected chi connectivity index (χ1v) is 14.9. The maximum absolute atomic E-state index is 11.9. The van der Waals surface area contributed by atoms with Crippen molar-refractivity contribution < 1.29 is 38.0 Å². The smallest absolute Gasteiger partial charge is 0.407 e. The van der Waals surface area contributed by atoms with Gasteiger partial charge in [-0.15, -0.1) is 16.9 Å². The van der Waals surface area contributed by atoms with Gasteiger partial charge in [0, 0.05) is 25.3 Å². The predicted octanol–water partition coefficient (Wildman–Crippen LogP) is 1.76. The summed E-state index contributed by atoms with van der Waals surface area (Å²) in [5, 5.41) is 13.6. The largest absolute Gasteiger partial charge is 0.445 e. The lowest BCUT2D eigenvalue weighted by atomic mass is 10.2. The summed E-state index contributed by atoms with van der Waals surface area (Å²) < 4.78 is 34.3. The third kappa shape index (κ3) is 17.0. The number of aromatic nitrogens is 3. The van der Waals surface area contributed by atoms with Crippen molar-refractivity contribution >= 4 is 23.8 Å². The molecule has 0 radical (unpaired) electrons. The van der Waals surface area contributed by atoms with Crippen molar-refractivity contribution in [2.45, 2.75) is 38.0 Å². The first kappa shape index (κ1) is 32.8. The van der Waals surface area contributed by atoms with Gasteiger partial charge in [-0.1, -0.05) is 35.5 Å². The molecule has 14 heteroatoms. The summed E-state index contributed by atoms with van der Waals surface area (Å²) in [5.74, 6) is 0.990. The molecule has 1 atom stereocenters. The molecule has 3 rings (SSSR count). The molecule has 1 aliphatic heterocycles. The van der Waals surface area contributed by atoms with Crippen molar-refractivity contribution in [2.24, 2.45) is 0 Å². The highest BCUT2D eigenvalue weighted by Gasteiger charge is 2.22. The van der Waals surface area contributed by atoms with Gasteiger partial charge in [-0.2, -0.15) is 0 Å². The number of alkyl carbamates (subject to hydrolysis) is 1. The zero-order chi connectivity index (χ0) is 28.8. The quantitative estimate of drug-likeness (QED) is 0.135. The Hall–Kier alpha value is -2.75. The van der Waals surface area contributed by atoms with Gasteiger partial charge in [0.1, 0.15) is 17.7 Å². The van der Waals surface area contributed by atoms with Crippen LogP contribution in [0.15, 0.2) is 36.5 Å². The van der Waals surface area contributed by atoms with Gasteiger partial charge < -0.3 is 39.1 Å². The number of carbonyl (C=O) groups is 2. The molecule has 2 N–H and O–H groups in total. The highest BCUT2D eigenvalue weighted by molar-refractivity contribution is 8.06. The summed E-state index contributed by atoms with van der Waals surface area (Å²) in [4.78, 5) is 23.6. The zero-order valence-electron chi connectivity index (χ0n) is 23.4. The lowest BCUT2D eigenvalue weighted by Gasteiger charge is -2.08. The van der Waals surface area contributed by atoms with E-state index in [-0.39, 0.29) is 12.5 Å². The van der Waals surface area contributed by atoms with E-state index in [1.54, 1.807) is 22.6 Å². The Bertz CT molecular complexity index is 980. The molecule has 2 heterocycles. The van der Waals surface area contributed by atoms with Crippen LogP contribution >= 0.6 is 11.8 Å². The molecular formula is C27H41N5O8S. The molecule has 228 valence electrons. The Morgan fingerprint density at radius 3 is 2.37 bits per heavy atom. The van der Waals surface area contributed by atoms with Crippen molar-refractivity contribution in [3.63, 3.8) is 0 Å². The number of hydrogen-bond donors (Lipinski definition) is 2. The van der Waals surface area contributed by atoms with E-state index in [0.29, 0.717) is 103 Å². The summed E-state index contributed by atoms with van der Waals surface area (Å²) in [6.45, 7) is 5.98. The molecule has 0 saturated carbocycles. The molecule has 0 aliphatic carbocycles. The van der Waals surface area contributed by atoms with Crippen LogP contribution in [0.4, 0.5) is 4.79 Å². The molecule has 1 aromatic carbocycles. The van der Waals surface area contributed by atoms with Crippen LogP contribution in [0.25, 0.3) is 0 Å². The highest BCUT2D eigenvalue weighted by atomic mass is 32.2.